The van der Waals surface area contributed by atoms with E-state index in [1.165, 1.54) is 45.4 Å². The minimum Gasteiger partial charge on any atom is -0.479 e. The van der Waals surface area contributed by atoms with Gasteiger partial charge in [0.05, 0.1) is 14.2 Å². The van der Waals surface area contributed by atoms with E-state index in [4.69, 9.17) is 38.4 Å². The van der Waals surface area contributed by atoms with Crippen LogP contribution in [0.5, 0.6) is 11.8 Å². The number of nitrogens with two attached hydrogens (primary N) is 1. The van der Waals surface area contributed by atoms with Crippen LogP contribution in [-0.4, -0.2) is 40.2 Å². The van der Waals surface area contributed by atoms with Crippen LogP contribution in [0.15, 0.2) is 12.7 Å². The Balaban J connectivity index is 0.000000196. The van der Waals surface area contributed by atoms with Crippen molar-refractivity contribution in [1.29, 1.82) is 0 Å². The molecule has 8 nitrogen and oxygen atoms in total. The fourth-order valence-corrected chi connectivity index (χ4v) is 2.73. The number of nitrogens with zero attached hydrogens (tertiary/aromatic N) is 4. The van der Waals surface area contributed by atoms with Gasteiger partial charge in [-0.3, -0.25) is 0 Å². The van der Waals surface area contributed by atoms with Crippen LogP contribution in [0.3, 0.4) is 0 Å². The largest absolute Gasteiger partial charge is 0.479 e. The number of methoxy groups -OCH3 is 2. The minimum atomic E-state index is 0.215. The molecule has 0 aliphatic heterocycles. The molecule has 3 rings (SSSR count). The Morgan fingerprint density at radius 3 is 2.08 bits per heavy atom. The summed E-state index contributed by atoms with van der Waals surface area (Å²) < 4.78 is 9.90. The van der Waals surface area contributed by atoms with Crippen LogP contribution < -0.4 is 20.5 Å². The Bertz CT molecular complexity index is 698. The Hall–Kier alpha value is -2.06. The molecule has 0 bridgehead atoms. The van der Waals surface area contributed by atoms with Crippen molar-refractivity contribution in [2.75, 3.05) is 25.3 Å². The number of nitrogen functional groups attached to an aromatic ring is 1. The van der Waals surface area contributed by atoms with E-state index >= 15 is 0 Å². The summed E-state index contributed by atoms with van der Waals surface area (Å²) in [5, 5.41) is 3.99. The maximum Gasteiger partial charge on any atom is 0.241 e. The van der Waals surface area contributed by atoms with E-state index < -0.39 is 0 Å². The molecule has 0 amide bonds. The lowest BCUT2D eigenvalue weighted by molar-refractivity contribution is 0.398. The minimum absolute atomic E-state index is 0.215. The van der Waals surface area contributed by atoms with Crippen LogP contribution in [0.1, 0.15) is 25.7 Å². The van der Waals surface area contributed by atoms with E-state index in [1.807, 2.05) is 0 Å². The molecule has 2 aromatic heterocycles. The van der Waals surface area contributed by atoms with E-state index in [9.17, 15) is 0 Å². The molecule has 2 aromatic rings. The molecule has 0 spiro atoms. The molecule has 0 atom stereocenters. The highest BCUT2D eigenvalue weighted by Gasteiger charge is 2.19. The number of anilines is 2. The van der Waals surface area contributed by atoms with Crippen LogP contribution in [-0.2, 0) is 0 Å². The first kappa shape index (κ1) is 19.3. The van der Waals surface area contributed by atoms with Gasteiger partial charge in [0.15, 0.2) is 10.3 Å². The summed E-state index contributed by atoms with van der Waals surface area (Å²) in [5.74, 6) is 0.821. The van der Waals surface area contributed by atoms with E-state index in [-0.39, 0.29) is 10.8 Å². The van der Waals surface area contributed by atoms with Crippen molar-refractivity contribution >= 4 is 34.6 Å². The lowest BCUT2D eigenvalue weighted by atomic mass is 10.2. The van der Waals surface area contributed by atoms with E-state index in [0.29, 0.717) is 28.6 Å². The van der Waals surface area contributed by atoms with Crippen LogP contribution in [0, 0.1) is 0 Å². The molecule has 0 saturated heterocycles. The molecule has 10 heteroatoms. The second-order valence-electron chi connectivity index (χ2n) is 5.26. The molecule has 1 aliphatic carbocycles. The van der Waals surface area contributed by atoms with Crippen molar-refractivity contribution in [3.05, 3.63) is 23.0 Å². The van der Waals surface area contributed by atoms with Crippen LogP contribution in [0.4, 0.5) is 11.4 Å². The fraction of sp³-hybridized carbons (Fsp3) is 0.467. The fourth-order valence-electron chi connectivity index (χ4n) is 2.42. The van der Waals surface area contributed by atoms with Gasteiger partial charge in [0.2, 0.25) is 11.8 Å². The maximum atomic E-state index is 5.99. The molecular weight excluding hydrogens is 367 g/mol. The molecule has 0 unspecified atom stereocenters. The number of ether oxygens (including phenoxy) is 2. The van der Waals surface area contributed by atoms with Gasteiger partial charge in [0.1, 0.15) is 24.0 Å². The van der Waals surface area contributed by atoms with Crippen LogP contribution in [0.2, 0.25) is 10.3 Å². The predicted molar refractivity (Wildman–Crippen MR) is 97.5 cm³/mol. The second-order valence-corrected chi connectivity index (χ2v) is 5.98. The van der Waals surface area contributed by atoms with Crippen molar-refractivity contribution in [2.45, 2.75) is 31.7 Å². The van der Waals surface area contributed by atoms with Gasteiger partial charge in [-0.2, -0.15) is 9.97 Å². The Morgan fingerprint density at radius 2 is 1.52 bits per heavy atom. The van der Waals surface area contributed by atoms with E-state index in [2.05, 4.69) is 25.3 Å². The van der Waals surface area contributed by atoms with Gasteiger partial charge in [-0.25, -0.2) is 9.97 Å². The number of hydrogen-bond donors (Lipinski definition) is 2. The summed E-state index contributed by atoms with van der Waals surface area (Å²) in [6.07, 6.45) is 7.58. The topological polar surface area (TPSA) is 108 Å². The first-order chi connectivity index (χ1) is 12.1. The molecule has 136 valence electrons. The van der Waals surface area contributed by atoms with Gasteiger partial charge in [-0.05, 0) is 12.8 Å². The van der Waals surface area contributed by atoms with E-state index in [0.717, 1.165) is 0 Å². The van der Waals surface area contributed by atoms with Crippen molar-refractivity contribution in [3.8, 4) is 11.8 Å². The number of rotatable bonds is 4. The third kappa shape index (κ3) is 5.20. The highest BCUT2D eigenvalue weighted by molar-refractivity contribution is 6.32. The third-order valence-corrected chi connectivity index (χ3v) is 4.24. The molecule has 1 saturated carbocycles. The standard InChI is InChI=1S/C10H14ClN3O.C5H6ClN3O/c1-15-10-8(9(11)12-6-13-10)14-7-4-2-3-5-7;1-10-5-3(7)4(6)8-2-9-5/h6-7,14H,2-5H2,1H3;2H,7H2,1H3. The number of aromatic nitrogens is 4. The summed E-state index contributed by atoms with van der Waals surface area (Å²) in [6, 6.07) is 0.474. The Kier molecular flexibility index (Phi) is 7.27. The summed E-state index contributed by atoms with van der Waals surface area (Å²) in [5.41, 5.74) is 6.40. The van der Waals surface area contributed by atoms with Gasteiger partial charge in [-0.1, -0.05) is 36.0 Å². The lowest BCUT2D eigenvalue weighted by Gasteiger charge is -2.15. The zero-order valence-corrected chi connectivity index (χ0v) is 15.5. The highest BCUT2D eigenvalue weighted by Crippen LogP contribution is 2.31. The van der Waals surface area contributed by atoms with Gasteiger partial charge in [0.25, 0.3) is 0 Å². The van der Waals surface area contributed by atoms with E-state index in [1.54, 1.807) is 7.11 Å². The maximum absolute atomic E-state index is 5.99. The second kappa shape index (κ2) is 9.43. The number of nitrogens with one attached hydrogen (secondary N) is 1. The average Bonchev–Trinajstić information content (AvgIpc) is 3.13. The molecule has 3 N–H and O–H groups in total. The first-order valence-electron chi connectivity index (χ1n) is 7.67. The molecular formula is C15H20Cl2N6O2. The zero-order valence-electron chi connectivity index (χ0n) is 14.0. The monoisotopic (exact) mass is 386 g/mol. The summed E-state index contributed by atoms with van der Waals surface area (Å²) in [7, 11) is 3.05. The third-order valence-electron chi connectivity index (χ3n) is 3.66. The quantitative estimate of drug-likeness (QED) is 0.770. The molecule has 2 heterocycles. The van der Waals surface area contributed by atoms with Gasteiger partial charge in [-0.15, -0.1) is 0 Å². The van der Waals surface area contributed by atoms with Gasteiger partial charge >= 0.3 is 0 Å². The molecule has 1 fully saturated rings. The van der Waals surface area contributed by atoms with Crippen molar-refractivity contribution in [2.24, 2.45) is 0 Å². The summed E-state index contributed by atoms with van der Waals surface area (Å²) in [4.78, 5) is 15.3. The average molecular weight is 387 g/mol. The molecule has 25 heavy (non-hydrogen) atoms. The smallest absolute Gasteiger partial charge is 0.241 e. The van der Waals surface area contributed by atoms with Crippen LogP contribution in [0.25, 0.3) is 0 Å². The molecule has 0 radical (unpaired) electrons. The summed E-state index contributed by atoms with van der Waals surface area (Å²) >= 11 is 11.5. The van der Waals surface area contributed by atoms with Crippen molar-refractivity contribution < 1.29 is 9.47 Å². The van der Waals surface area contributed by atoms with Gasteiger partial charge < -0.3 is 20.5 Å². The number of hydrogen-bond acceptors (Lipinski definition) is 8. The molecule has 0 aromatic carbocycles. The predicted octanol–water partition coefficient (Wildman–Crippen LogP) is 3.21. The first-order valence-corrected chi connectivity index (χ1v) is 8.43. The Morgan fingerprint density at radius 1 is 0.960 bits per heavy atom. The zero-order chi connectivity index (χ0) is 18.2. The van der Waals surface area contributed by atoms with Gasteiger partial charge in [0, 0.05) is 6.04 Å². The lowest BCUT2D eigenvalue weighted by Crippen LogP contribution is -2.16. The normalized spacial score (nSPS) is 13.8. The Labute approximate surface area is 156 Å². The highest BCUT2D eigenvalue weighted by atomic mass is 35.5. The van der Waals surface area contributed by atoms with Crippen molar-refractivity contribution in [3.63, 3.8) is 0 Å². The SMILES string of the molecule is COc1ncnc(Cl)c1N.COc1ncnc(Cl)c1NC1CCCC1. The van der Waals surface area contributed by atoms with Crippen LogP contribution >= 0.6 is 23.2 Å². The number of halogens is 2. The molecule has 1 aliphatic rings. The summed E-state index contributed by atoms with van der Waals surface area (Å²) in [6.45, 7) is 0. The van der Waals surface area contributed by atoms with Crippen molar-refractivity contribution in [1.82, 2.24) is 19.9 Å².